The summed E-state index contributed by atoms with van der Waals surface area (Å²) in [7, 11) is 0. The fraction of sp³-hybridized carbons (Fsp3) is 0.444. The largest absolute Gasteiger partial charge is 0.261 e. The molecule has 74 valence electrons. The van der Waals surface area contributed by atoms with Crippen molar-refractivity contribution in [3.8, 4) is 0 Å². The van der Waals surface area contributed by atoms with Gasteiger partial charge < -0.3 is 0 Å². The minimum Gasteiger partial charge on any atom is -0.261 e. The number of aromatic nitrogens is 4. The molecule has 0 aromatic carbocycles. The first-order chi connectivity index (χ1) is 6.68. The Balaban J connectivity index is 2.52. The van der Waals surface area contributed by atoms with E-state index < -0.39 is 0 Å². The maximum absolute atomic E-state index is 4.10. The lowest BCUT2D eigenvalue weighted by Crippen LogP contribution is -2.05. The van der Waals surface area contributed by atoms with Gasteiger partial charge in [0.1, 0.15) is 11.0 Å². The van der Waals surface area contributed by atoms with Gasteiger partial charge in [-0.05, 0) is 21.8 Å². The zero-order chi connectivity index (χ0) is 10.1. The normalized spacial score (nSPS) is 11.4. The van der Waals surface area contributed by atoms with Gasteiger partial charge in [0.05, 0.1) is 10.7 Å². The van der Waals surface area contributed by atoms with Crippen molar-refractivity contribution in [1.82, 2.24) is 20.0 Å². The third-order valence-electron chi connectivity index (χ3n) is 1.92. The Labute approximate surface area is 90.5 Å². The Morgan fingerprint density at radius 3 is 2.93 bits per heavy atom. The second-order valence-corrected chi connectivity index (χ2v) is 4.51. The number of hydrogen-bond acceptors (Lipinski definition) is 3. The van der Waals surface area contributed by atoms with Crippen LogP contribution in [0.15, 0.2) is 16.9 Å². The minimum absolute atomic E-state index is 0.555. The highest BCUT2D eigenvalue weighted by atomic mass is 79.9. The van der Waals surface area contributed by atoms with E-state index in [-0.39, 0.29) is 0 Å². The average molecular weight is 255 g/mol. The molecule has 4 nitrogen and oxygen atoms in total. The van der Waals surface area contributed by atoms with Crippen molar-refractivity contribution in [2.24, 2.45) is 5.92 Å². The third-order valence-corrected chi connectivity index (χ3v) is 2.50. The molecule has 2 rings (SSSR count). The summed E-state index contributed by atoms with van der Waals surface area (Å²) >= 11 is 3.40. The second-order valence-electron chi connectivity index (χ2n) is 3.65. The van der Waals surface area contributed by atoms with Crippen molar-refractivity contribution < 1.29 is 0 Å². The number of fused-ring (bicyclic) bond motifs is 1. The molecular weight excluding hydrogens is 244 g/mol. The molecule has 0 saturated heterocycles. The molecule has 0 N–H and O–H groups in total. The molecule has 0 unspecified atom stereocenters. The third kappa shape index (κ3) is 1.64. The summed E-state index contributed by atoms with van der Waals surface area (Å²) in [6.45, 7) is 5.17. The van der Waals surface area contributed by atoms with Crippen molar-refractivity contribution >= 4 is 27.0 Å². The van der Waals surface area contributed by atoms with Gasteiger partial charge in [0.15, 0.2) is 0 Å². The number of nitrogens with zero attached hydrogens (tertiary/aromatic N) is 4. The van der Waals surface area contributed by atoms with Crippen molar-refractivity contribution in [2.75, 3.05) is 0 Å². The van der Waals surface area contributed by atoms with E-state index >= 15 is 0 Å². The first kappa shape index (κ1) is 9.58. The molecule has 0 bridgehead atoms. The Morgan fingerprint density at radius 1 is 1.43 bits per heavy atom. The smallest absolute Gasteiger partial charge is 0.130 e. The van der Waals surface area contributed by atoms with E-state index in [9.17, 15) is 0 Å². The molecule has 2 aromatic rings. The minimum atomic E-state index is 0.555. The second kappa shape index (κ2) is 3.65. The summed E-state index contributed by atoms with van der Waals surface area (Å²) in [5.74, 6) is 0.555. The molecule has 0 radical (unpaired) electrons. The highest BCUT2D eigenvalue weighted by Crippen LogP contribution is 2.19. The lowest BCUT2D eigenvalue weighted by molar-refractivity contribution is 0.483. The van der Waals surface area contributed by atoms with Gasteiger partial charge in [-0.25, -0.2) is 4.68 Å². The van der Waals surface area contributed by atoms with Gasteiger partial charge in [-0.15, -0.1) is 5.10 Å². The molecule has 0 aliphatic carbocycles. The highest BCUT2D eigenvalue weighted by Gasteiger charge is 2.08. The van der Waals surface area contributed by atoms with Crippen LogP contribution >= 0.6 is 15.9 Å². The van der Waals surface area contributed by atoms with E-state index in [2.05, 4.69) is 45.1 Å². The fourth-order valence-corrected chi connectivity index (χ4v) is 1.73. The van der Waals surface area contributed by atoms with Crippen molar-refractivity contribution in [3.63, 3.8) is 0 Å². The average Bonchev–Trinajstić information content (AvgIpc) is 2.49. The van der Waals surface area contributed by atoms with E-state index in [0.29, 0.717) is 5.92 Å². The SMILES string of the molecule is CC(C)Cn1nnc2c(Br)cncc21. The lowest BCUT2D eigenvalue weighted by Gasteiger charge is -2.04. The number of halogens is 1. The standard InChI is InChI=1S/C9H11BrN4/c1-6(2)5-14-8-4-11-3-7(10)9(8)12-13-14/h3-4,6H,5H2,1-2H3. The van der Waals surface area contributed by atoms with Gasteiger partial charge in [-0.2, -0.15) is 0 Å². The van der Waals surface area contributed by atoms with Gasteiger partial charge >= 0.3 is 0 Å². The van der Waals surface area contributed by atoms with E-state index in [0.717, 1.165) is 22.1 Å². The van der Waals surface area contributed by atoms with Crippen molar-refractivity contribution in [2.45, 2.75) is 20.4 Å². The molecular formula is C9H11BrN4. The summed E-state index contributed by atoms with van der Waals surface area (Å²) in [5, 5.41) is 8.19. The zero-order valence-electron chi connectivity index (χ0n) is 8.11. The van der Waals surface area contributed by atoms with Crippen LogP contribution in [-0.4, -0.2) is 20.0 Å². The molecule has 14 heavy (non-hydrogen) atoms. The number of hydrogen-bond donors (Lipinski definition) is 0. The van der Waals surface area contributed by atoms with E-state index in [1.807, 2.05) is 4.68 Å². The first-order valence-electron chi connectivity index (χ1n) is 4.51. The summed E-state index contributed by atoms with van der Waals surface area (Å²) < 4.78 is 2.78. The first-order valence-corrected chi connectivity index (χ1v) is 5.30. The molecule has 0 aliphatic rings. The van der Waals surface area contributed by atoms with Crippen LogP contribution in [0.3, 0.4) is 0 Å². The maximum atomic E-state index is 4.10. The van der Waals surface area contributed by atoms with E-state index in [1.165, 1.54) is 0 Å². The molecule has 2 aromatic heterocycles. The quantitative estimate of drug-likeness (QED) is 0.826. The van der Waals surface area contributed by atoms with Crippen molar-refractivity contribution in [1.29, 1.82) is 0 Å². The molecule has 0 saturated carbocycles. The van der Waals surface area contributed by atoms with Gasteiger partial charge in [0.25, 0.3) is 0 Å². The van der Waals surface area contributed by atoms with Crippen LogP contribution in [0.1, 0.15) is 13.8 Å². The number of rotatable bonds is 2. The lowest BCUT2D eigenvalue weighted by atomic mass is 10.2. The van der Waals surface area contributed by atoms with Crippen LogP contribution in [-0.2, 0) is 6.54 Å². The Morgan fingerprint density at radius 2 is 2.21 bits per heavy atom. The van der Waals surface area contributed by atoms with E-state index in [1.54, 1.807) is 12.4 Å². The maximum Gasteiger partial charge on any atom is 0.130 e. The summed E-state index contributed by atoms with van der Waals surface area (Å²) in [4.78, 5) is 4.10. The van der Waals surface area contributed by atoms with Gasteiger partial charge in [-0.3, -0.25) is 4.98 Å². The summed E-state index contributed by atoms with van der Waals surface area (Å²) in [5.41, 5.74) is 1.86. The monoisotopic (exact) mass is 254 g/mol. The molecule has 0 fully saturated rings. The van der Waals surface area contributed by atoms with Crippen molar-refractivity contribution in [3.05, 3.63) is 16.9 Å². The fourth-order valence-electron chi connectivity index (χ4n) is 1.33. The molecule has 2 heterocycles. The van der Waals surface area contributed by atoms with Gasteiger partial charge in [0, 0.05) is 12.7 Å². The Hall–Kier alpha value is -0.970. The predicted molar refractivity (Wildman–Crippen MR) is 57.9 cm³/mol. The van der Waals surface area contributed by atoms with Crippen LogP contribution in [0.25, 0.3) is 11.0 Å². The molecule has 5 heteroatoms. The topological polar surface area (TPSA) is 43.6 Å². The van der Waals surface area contributed by atoms with Crippen LogP contribution < -0.4 is 0 Å². The summed E-state index contributed by atoms with van der Waals surface area (Å²) in [6.07, 6.45) is 3.53. The predicted octanol–water partition coefficient (Wildman–Crippen LogP) is 2.24. The molecule has 0 amide bonds. The van der Waals surface area contributed by atoms with Crippen LogP contribution in [0, 0.1) is 5.92 Å². The van der Waals surface area contributed by atoms with Crippen LogP contribution in [0.5, 0.6) is 0 Å². The molecule has 0 atom stereocenters. The molecule has 0 spiro atoms. The molecule has 0 aliphatic heterocycles. The Bertz CT molecular complexity index is 449. The van der Waals surface area contributed by atoms with E-state index in [4.69, 9.17) is 0 Å². The van der Waals surface area contributed by atoms with Gasteiger partial charge in [0.2, 0.25) is 0 Å². The highest BCUT2D eigenvalue weighted by molar-refractivity contribution is 9.10. The van der Waals surface area contributed by atoms with Gasteiger partial charge in [-0.1, -0.05) is 19.1 Å². The summed E-state index contributed by atoms with van der Waals surface area (Å²) in [6, 6.07) is 0. The number of pyridine rings is 1. The van der Waals surface area contributed by atoms with Crippen LogP contribution in [0.4, 0.5) is 0 Å². The zero-order valence-corrected chi connectivity index (χ0v) is 9.69. The Kier molecular flexibility index (Phi) is 2.50. The van der Waals surface area contributed by atoms with Crippen LogP contribution in [0.2, 0.25) is 0 Å².